The monoisotopic (exact) mass is 335 g/mol. The molecular formula is C15H21N5O2S. The second-order valence-electron chi connectivity index (χ2n) is 5.41. The van der Waals surface area contributed by atoms with Crippen molar-refractivity contribution in [1.82, 2.24) is 14.9 Å². The van der Waals surface area contributed by atoms with E-state index < -0.39 is 0 Å². The molecule has 1 heterocycles. The molecule has 0 fully saturated rings. The Morgan fingerprint density at radius 1 is 1.43 bits per heavy atom. The van der Waals surface area contributed by atoms with Gasteiger partial charge in [0, 0.05) is 5.92 Å². The fourth-order valence-corrected chi connectivity index (χ4v) is 2.68. The van der Waals surface area contributed by atoms with Gasteiger partial charge in [0.2, 0.25) is 11.1 Å². The minimum atomic E-state index is -0.159. The molecule has 0 aliphatic heterocycles. The van der Waals surface area contributed by atoms with E-state index in [2.05, 4.69) is 15.5 Å². The molecule has 1 amide bonds. The molecule has 0 saturated carbocycles. The largest absolute Gasteiger partial charge is 0.495 e. The van der Waals surface area contributed by atoms with Crippen LogP contribution in [0.25, 0.3) is 0 Å². The molecule has 0 aliphatic rings. The number of aromatic nitrogens is 3. The van der Waals surface area contributed by atoms with Crippen LogP contribution in [-0.2, 0) is 4.79 Å². The van der Waals surface area contributed by atoms with E-state index >= 15 is 0 Å². The maximum Gasteiger partial charge on any atom is 0.234 e. The van der Waals surface area contributed by atoms with E-state index in [1.807, 2.05) is 39.0 Å². The van der Waals surface area contributed by atoms with Crippen molar-refractivity contribution < 1.29 is 9.53 Å². The number of aryl methyl sites for hydroxylation is 1. The normalized spacial score (nSPS) is 10.8. The molecule has 0 aliphatic carbocycles. The van der Waals surface area contributed by atoms with E-state index in [0.717, 1.165) is 5.56 Å². The molecule has 0 atom stereocenters. The predicted octanol–water partition coefficient (Wildman–Crippen LogP) is 2.16. The van der Waals surface area contributed by atoms with Gasteiger partial charge in [-0.2, -0.15) is 0 Å². The number of thioether (sulfide) groups is 1. The van der Waals surface area contributed by atoms with Crippen molar-refractivity contribution in [2.45, 2.75) is 31.8 Å². The molecule has 8 heteroatoms. The second-order valence-corrected chi connectivity index (χ2v) is 6.35. The van der Waals surface area contributed by atoms with Gasteiger partial charge in [0.05, 0.1) is 18.6 Å². The molecule has 124 valence electrons. The molecule has 0 spiro atoms. The van der Waals surface area contributed by atoms with Crippen LogP contribution in [0.2, 0.25) is 0 Å². The topological polar surface area (TPSA) is 95.1 Å². The lowest BCUT2D eigenvalue weighted by Gasteiger charge is -2.11. The Morgan fingerprint density at radius 3 is 2.78 bits per heavy atom. The van der Waals surface area contributed by atoms with Gasteiger partial charge < -0.3 is 15.9 Å². The molecule has 0 unspecified atom stereocenters. The molecule has 3 N–H and O–H groups in total. The van der Waals surface area contributed by atoms with Gasteiger partial charge in [-0.25, -0.2) is 4.68 Å². The zero-order valence-electron chi connectivity index (χ0n) is 13.7. The Bertz CT molecular complexity index is 699. The number of hydrogen-bond donors (Lipinski definition) is 2. The van der Waals surface area contributed by atoms with Crippen LogP contribution in [-0.4, -0.2) is 33.6 Å². The Labute approximate surface area is 139 Å². The first-order valence-electron chi connectivity index (χ1n) is 7.20. The van der Waals surface area contributed by atoms with E-state index in [1.165, 1.54) is 16.4 Å². The third-order valence-corrected chi connectivity index (χ3v) is 4.11. The van der Waals surface area contributed by atoms with Gasteiger partial charge >= 0.3 is 0 Å². The van der Waals surface area contributed by atoms with Gasteiger partial charge in [-0.3, -0.25) is 4.79 Å². The van der Waals surface area contributed by atoms with Crippen LogP contribution in [0.4, 0.5) is 5.69 Å². The summed E-state index contributed by atoms with van der Waals surface area (Å²) in [7, 11) is 1.57. The van der Waals surface area contributed by atoms with Gasteiger partial charge in [0.1, 0.15) is 5.75 Å². The van der Waals surface area contributed by atoms with Crippen LogP contribution in [0.3, 0.4) is 0 Å². The Hall–Kier alpha value is -2.22. The van der Waals surface area contributed by atoms with Crippen molar-refractivity contribution in [3.05, 3.63) is 29.6 Å². The second kappa shape index (κ2) is 7.36. The highest BCUT2D eigenvalue weighted by molar-refractivity contribution is 7.99. The fourth-order valence-electron chi connectivity index (χ4n) is 2.02. The van der Waals surface area contributed by atoms with E-state index in [1.54, 1.807) is 7.11 Å². The predicted molar refractivity (Wildman–Crippen MR) is 91.3 cm³/mol. The summed E-state index contributed by atoms with van der Waals surface area (Å²) in [5.74, 6) is 7.44. The van der Waals surface area contributed by atoms with Crippen LogP contribution in [0, 0.1) is 6.92 Å². The van der Waals surface area contributed by atoms with Crippen molar-refractivity contribution in [2.24, 2.45) is 0 Å². The average Bonchev–Trinajstić information content (AvgIpc) is 2.86. The third kappa shape index (κ3) is 4.16. The maximum atomic E-state index is 12.1. The highest BCUT2D eigenvalue weighted by atomic mass is 32.2. The Kier molecular flexibility index (Phi) is 5.49. The number of rotatable bonds is 6. The van der Waals surface area contributed by atoms with E-state index in [-0.39, 0.29) is 17.6 Å². The van der Waals surface area contributed by atoms with Gasteiger partial charge in [0.15, 0.2) is 5.82 Å². The number of ether oxygens (including phenoxy) is 1. The van der Waals surface area contributed by atoms with Gasteiger partial charge in [-0.15, -0.1) is 10.2 Å². The van der Waals surface area contributed by atoms with E-state index in [9.17, 15) is 4.79 Å². The summed E-state index contributed by atoms with van der Waals surface area (Å²) in [4.78, 5) is 12.1. The summed E-state index contributed by atoms with van der Waals surface area (Å²) >= 11 is 1.24. The highest BCUT2D eigenvalue weighted by Crippen LogP contribution is 2.26. The number of hydrogen-bond acceptors (Lipinski definition) is 6. The smallest absolute Gasteiger partial charge is 0.234 e. The molecule has 7 nitrogen and oxygen atoms in total. The summed E-state index contributed by atoms with van der Waals surface area (Å²) in [6.45, 7) is 5.92. The lowest BCUT2D eigenvalue weighted by molar-refractivity contribution is -0.113. The number of methoxy groups -OCH3 is 1. The SMILES string of the molecule is COc1ccc(C)cc1NC(=O)CSc1nnc(C(C)C)n1N. The molecular weight excluding hydrogens is 314 g/mol. The summed E-state index contributed by atoms with van der Waals surface area (Å²) in [5.41, 5.74) is 1.69. The number of amides is 1. The fraction of sp³-hybridized carbons (Fsp3) is 0.400. The number of anilines is 1. The lowest BCUT2D eigenvalue weighted by atomic mass is 10.2. The molecule has 0 radical (unpaired) electrons. The van der Waals surface area contributed by atoms with Crippen LogP contribution in [0.1, 0.15) is 31.2 Å². The number of nitrogens with two attached hydrogens (primary N) is 1. The summed E-state index contributed by atoms with van der Waals surface area (Å²) in [6, 6.07) is 5.61. The van der Waals surface area contributed by atoms with Gasteiger partial charge in [0.25, 0.3) is 0 Å². The van der Waals surface area contributed by atoms with E-state index in [0.29, 0.717) is 22.4 Å². The van der Waals surface area contributed by atoms with Crippen LogP contribution in [0.5, 0.6) is 5.75 Å². The maximum absolute atomic E-state index is 12.1. The minimum absolute atomic E-state index is 0.159. The molecule has 0 saturated heterocycles. The van der Waals surface area contributed by atoms with Crippen molar-refractivity contribution in [2.75, 3.05) is 24.0 Å². The van der Waals surface area contributed by atoms with Crippen molar-refractivity contribution in [1.29, 1.82) is 0 Å². The van der Waals surface area contributed by atoms with E-state index in [4.69, 9.17) is 10.6 Å². The molecule has 23 heavy (non-hydrogen) atoms. The van der Waals surface area contributed by atoms with Crippen molar-refractivity contribution >= 4 is 23.4 Å². The number of benzene rings is 1. The zero-order chi connectivity index (χ0) is 17.0. The summed E-state index contributed by atoms with van der Waals surface area (Å²) in [6.07, 6.45) is 0. The first kappa shape index (κ1) is 17.1. The Balaban J connectivity index is 2.00. The standard InChI is InChI=1S/C15H21N5O2S/c1-9(2)14-18-19-15(20(14)16)23-8-13(21)17-11-7-10(3)5-6-12(11)22-4/h5-7,9H,8,16H2,1-4H3,(H,17,21). The summed E-state index contributed by atoms with van der Waals surface area (Å²) in [5, 5.41) is 11.4. The summed E-state index contributed by atoms with van der Waals surface area (Å²) < 4.78 is 6.67. The average molecular weight is 335 g/mol. The van der Waals surface area contributed by atoms with Crippen LogP contribution < -0.4 is 15.9 Å². The number of nitrogen functional groups attached to an aromatic ring is 1. The molecule has 2 rings (SSSR count). The first-order chi connectivity index (χ1) is 10.9. The van der Waals surface area contributed by atoms with Crippen molar-refractivity contribution in [3.8, 4) is 5.75 Å². The zero-order valence-corrected chi connectivity index (χ0v) is 14.5. The van der Waals surface area contributed by atoms with Crippen molar-refractivity contribution in [3.63, 3.8) is 0 Å². The Morgan fingerprint density at radius 2 is 2.17 bits per heavy atom. The third-order valence-electron chi connectivity index (χ3n) is 3.17. The van der Waals surface area contributed by atoms with Crippen LogP contribution >= 0.6 is 11.8 Å². The quantitative estimate of drug-likeness (QED) is 0.620. The van der Waals surface area contributed by atoms with Gasteiger partial charge in [-0.1, -0.05) is 31.7 Å². The minimum Gasteiger partial charge on any atom is -0.495 e. The number of nitrogens with one attached hydrogen (secondary N) is 1. The highest BCUT2D eigenvalue weighted by Gasteiger charge is 2.15. The molecule has 1 aromatic heterocycles. The molecule has 2 aromatic rings. The first-order valence-corrected chi connectivity index (χ1v) is 8.18. The molecule has 0 bridgehead atoms. The molecule has 1 aromatic carbocycles. The number of nitrogens with zero attached hydrogens (tertiary/aromatic N) is 3. The van der Waals surface area contributed by atoms with Gasteiger partial charge in [-0.05, 0) is 24.6 Å². The lowest BCUT2D eigenvalue weighted by Crippen LogP contribution is -2.18. The van der Waals surface area contributed by atoms with Crippen LogP contribution in [0.15, 0.2) is 23.4 Å². The number of carbonyl (C=O) groups is 1. The number of carbonyl (C=O) groups excluding carboxylic acids is 1.